The Hall–Kier alpha value is -1.36. The van der Waals surface area contributed by atoms with Crippen LogP contribution < -0.4 is 10.6 Å². The molecule has 0 aliphatic carbocycles. The Bertz CT molecular complexity index is 300. The zero-order chi connectivity index (χ0) is 11.3. The molecule has 0 aliphatic rings. The van der Waals surface area contributed by atoms with Gasteiger partial charge in [-0.25, -0.2) is 4.98 Å². The maximum atomic E-state index is 11.4. The summed E-state index contributed by atoms with van der Waals surface area (Å²) >= 11 is 0. The van der Waals surface area contributed by atoms with Gasteiger partial charge in [-0.3, -0.25) is 4.79 Å². The summed E-state index contributed by atoms with van der Waals surface area (Å²) in [5, 5.41) is 5.90. The Kier molecular flexibility index (Phi) is 3.85. The van der Waals surface area contributed by atoms with Gasteiger partial charge >= 0.3 is 0 Å². The fraction of sp³-hybridized carbons (Fsp3) is 0.600. The van der Waals surface area contributed by atoms with Crippen molar-refractivity contribution in [2.24, 2.45) is 0 Å². The van der Waals surface area contributed by atoms with Crippen LogP contribution in [-0.2, 0) is 11.3 Å². The van der Waals surface area contributed by atoms with Crippen LogP contribution in [0.25, 0.3) is 0 Å². The van der Waals surface area contributed by atoms with Gasteiger partial charge in [0.05, 0.1) is 25.1 Å². The first-order valence-electron chi connectivity index (χ1n) is 4.96. The predicted octanol–water partition coefficient (Wildman–Crippen LogP) is 0.414. The van der Waals surface area contributed by atoms with E-state index in [1.165, 1.54) is 0 Å². The Balaban J connectivity index is 2.20. The molecule has 1 amide bonds. The van der Waals surface area contributed by atoms with E-state index in [-0.39, 0.29) is 11.4 Å². The zero-order valence-electron chi connectivity index (χ0n) is 9.42. The van der Waals surface area contributed by atoms with E-state index >= 15 is 0 Å². The number of carbonyl (C=O) groups excluding carboxylic acids is 1. The first-order valence-corrected chi connectivity index (χ1v) is 4.96. The summed E-state index contributed by atoms with van der Waals surface area (Å²) in [7, 11) is 0. The molecule has 1 aromatic heterocycles. The molecule has 5 heteroatoms. The summed E-state index contributed by atoms with van der Waals surface area (Å²) < 4.78 is 0. The molecule has 0 fully saturated rings. The van der Waals surface area contributed by atoms with Crippen LogP contribution in [0.15, 0.2) is 12.5 Å². The Labute approximate surface area is 89.7 Å². The molecule has 3 N–H and O–H groups in total. The lowest BCUT2D eigenvalue weighted by molar-refractivity contribution is -0.120. The van der Waals surface area contributed by atoms with Crippen molar-refractivity contribution >= 4 is 5.91 Å². The number of carbonyl (C=O) groups is 1. The number of hydrogen-bond acceptors (Lipinski definition) is 3. The molecule has 1 heterocycles. The standard InChI is InChI=1S/C10H18N4O/c1-10(2,3)14-6-9(15)12-5-8-4-11-7-13-8/h4,7,14H,5-6H2,1-3H3,(H,11,13)(H,12,15). The van der Waals surface area contributed by atoms with Crippen LogP contribution in [0, 0.1) is 0 Å². The van der Waals surface area contributed by atoms with Crippen molar-refractivity contribution in [2.75, 3.05) is 6.54 Å². The van der Waals surface area contributed by atoms with E-state index in [1.807, 2.05) is 20.8 Å². The van der Waals surface area contributed by atoms with Crippen molar-refractivity contribution < 1.29 is 4.79 Å². The molecular weight excluding hydrogens is 192 g/mol. The molecule has 0 saturated heterocycles. The lowest BCUT2D eigenvalue weighted by Gasteiger charge is -2.19. The van der Waals surface area contributed by atoms with E-state index in [4.69, 9.17) is 0 Å². The van der Waals surface area contributed by atoms with Crippen molar-refractivity contribution in [1.82, 2.24) is 20.6 Å². The van der Waals surface area contributed by atoms with E-state index in [9.17, 15) is 4.79 Å². The molecule has 0 unspecified atom stereocenters. The van der Waals surface area contributed by atoms with Crippen LogP contribution in [0.3, 0.4) is 0 Å². The second kappa shape index (κ2) is 4.93. The summed E-state index contributed by atoms with van der Waals surface area (Å²) in [5.41, 5.74) is 0.866. The Morgan fingerprint density at radius 3 is 2.80 bits per heavy atom. The summed E-state index contributed by atoms with van der Waals surface area (Å²) in [6.45, 7) is 6.89. The number of H-pyrrole nitrogens is 1. The number of aromatic amines is 1. The highest BCUT2D eigenvalue weighted by Crippen LogP contribution is 1.96. The van der Waals surface area contributed by atoms with Crippen LogP contribution in [-0.4, -0.2) is 28.0 Å². The molecule has 15 heavy (non-hydrogen) atoms. The number of imidazole rings is 1. The molecule has 84 valence electrons. The van der Waals surface area contributed by atoms with Gasteiger partial charge in [0.25, 0.3) is 0 Å². The molecule has 5 nitrogen and oxygen atoms in total. The number of aromatic nitrogens is 2. The van der Waals surface area contributed by atoms with Crippen molar-refractivity contribution in [2.45, 2.75) is 32.9 Å². The topological polar surface area (TPSA) is 69.8 Å². The maximum absolute atomic E-state index is 11.4. The van der Waals surface area contributed by atoms with Gasteiger partial charge in [0.15, 0.2) is 0 Å². The van der Waals surface area contributed by atoms with Gasteiger partial charge in [0, 0.05) is 11.7 Å². The van der Waals surface area contributed by atoms with Gasteiger partial charge in [0.1, 0.15) is 0 Å². The van der Waals surface area contributed by atoms with Crippen molar-refractivity contribution in [3.8, 4) is 0 Å². The summed E-state index contributed by atoms with van der Waals surface area (Å²) in [6.07, 6.45) is 3.28. The molecule has 0 aliphatic heterocycles. The first kappa shape index (κ1) is 11.7. The molecule has 0 spiro atoms. The quantitative estimate of drug-likeness (QED) is 0.674. The molecule has 0 atom stereocenters. The van der Waals surface area contributed by atoms with Crippen LogP contribution >= 0.6 is 0 Å². The fourth-order valence-corrected chi connectivity index (χ4v) is 0.983. The van der Waals surface area contributed by atoms with E-state index in [2.05, 4.69) is 20.6 Å². The van der Waals surface area contributed by atoms with E-state index < -0.39 is 0 Å². The van der Waals surface area contributed by atoms with E-state index in [0.717, 1.165) is 5.69 Å². The van der Waals surface area contributed by atoms with Gasteiger partial charge in [-0.2, -0.15) is 0 Å². The number of nitrogens with one attached hydrogen (secondary N) is 3. The average molecular weight is 210 g/mol. The van der Waals surface area contributed by atoms with Crippen molar-refractivity contribution in [3.63, 3.8) is 0 Å². The molecule has 0 aromatic carbocycles. The third kappa shape index (κ3) is 5.17. The summed E-state index contributed by atoms with van der Waals surface area (Å²) in [4.78, 5) is 18.2. The Morgan fingerprint density at radius 1 is 1.53 bits per heavy atom. The molecule has 0 saturated carbocycles. The third-order valence-corrected chi connectivity index (χ3v) is 1.81. The monoisotopic (exact) mass is 210 g/mol. The molecular formula is C10H18N4O. The van der Waals surface area contributed by atoms with Gasteiger partial charge in [0.2, 0.25) is 5.91 Å². The number of amides is 1. The molecule has 1 aromatic rings. The van der Waals surface area contributed by atoms with Gasteiger partial charge in [-0.15, -0.1) is 0 Å². The van der Waals surface area contributed by atoms with Crippen LogP contribution in [0.2, 0.25) is 0 Å². The van der Waals surface area contributed by atoms with E-state index in [1.54, 1.807) is 12.5 Å². The highest BCUT2D eigenvalue weighted by atomic mass is 16.1. The van der Waals surface area contributed by atoms with Crippen LogP contribution in [0.1, 0.15) is 26.5 Å². The molecule has 0 radical (unpaired) electrons. The van der Waals surface area contributed by atoms with Gasteiger partial charge in [-0.1, -0.05) is 0 Å². The second-order valence-electron chi connectivity index (χ2n) is 4.46. The largest absolute Gasteiger partial charge is 0.349 e. The summed E-state index contributed by atoms with van der Waals surface area (Å²) in [5.74, 6) is -0.0143. The molecule has 1 rings (SSSR count). The average Bonchev–Trinajstić information content (AvgIpc) is 2.62. The van der Waals surface area contributed by atoms with Crippen molar-refractivity contribution in [3.05, 3.63) is 18.2 Å². The fourth-order valence-electron chi connectivity index (χ4n) is 0.983. The SMILES string of the molecule is CC(C)(C)NCC(=O)NCc1cnc[nH]1. The van der Waals surface area contributed by atoms with Crippen LogP contribution in [0.5, 0.6) is 0 Å². The lowest BCUT2D eigenvalue weighted by atomic mass is 10.1. The van der Waals surface area contributed by atoms with Gasteiger partial charge < -0.3 is 15.6 Å². The minimum absolute atomic E-state index is 0.0143. The van der Waals surface area contributed by atoms with E-state index in [0.29, 0.717) is 13.1 Å². The Morgan fingerprint density at radius 2 is 2.27 bits per heavy atom. The number of nitrogens with zero attached hydrogens (tertiary/aromatic N) is 1. The second-order valence-corrected chi connectivity index (χ2v) is 4.46. The number of rotatable bonds is 4. The number of hydrogen-bond donors (Lipinski definition) is 3. The molecule has 0 bridgehead atoms. The van der Waals surface area contributed by atoms with Crippen LogP contribution in [0.4, 0.5) is 0 Å². The third-order valence-electron chi connectivity index (χ3n) is 1.81. The minimum atomic E-state index is -0.0364. The zero-order valence-corrected chi connectivity index (χ0v) is 9.42. The normalized spacial score (nSPS) is 11.4. The minimum Gasteiger partial charge on any atom is -0.349 e. The lowest BCUT2D eigenvalue weighted by Crippen LogP contribution is -2.43. The highest BCUT2D eigenvalue weighted by Gasteiger charge is 2.10. The first-order chi connectivity index (χ1) is 6.97. The summed E-state index contributed by atoms with van der Waals surface area (Å²) in [6, 6.07) is 0. The maximum Gasteiger partial charge on any atom is 0.234 e. The highest BCUT2D eigenvalue weighted by molar-refractivity contribution is 5.77. The smallest absolute Gasteiger partial charge is 0.234 e. The predicted molar refractivity (Wildman–Crippen MR) is 58.2 cm³/mol. The van der Waals surface area contributed by atoms with Crippen molar-refractivity contribution in [1.29, 1.82) is 0 Å². The van der Waals surface area contributed by atoms with Gasteiger partial charge in [-0.05, 0) is 20.8 Å².